The summed E-state index contributed by atoms with van der Waals surface area (Å²) in [7, 11) is 2.21. The van der Waals surface area contributed by atoms with Crippen LogP contribution in [0, 0.1) is 5.92 Å². The predicted octanol–water partition coefficient (Wildman–Crippen LogP) is 2.77. The van der Waals surface area contributed by atoms with Crippen LogP contribution in [0.4, 0.5) is 5.69 Å². The van der Waals surface area contributed by atoms with Crippen molar-refractivity contribution in [2.75, 3.05) is 25.9 Å². The summed E-state index contributed by atoms with van der Waals surface area (Å²) >= 11 is 0. The fourth-order valence-electron chi connectivity index (χ4n) is 2.21. The van der Waals surface area contributed by atoms with Crippen LogP contribution in [0.25, 0.3) is 0 Å². The number of nitrogens with two attached hydrogens (primary N) is 1. The van der Waals surface area contributed by atoms with Gasteiger partial charge in [-0.05, 0) is 63.4 Å². The van der Waals surface area contributed by atoms with E-state index in [4.69, 9.17) is 10.5 Å². The molecule has 0 saturated heterocycles. The number of nitrogens with zero attached hydrogens (tertiary/aromatic N) is 1. The van der Waals surface area contributed by atoms with Crippen molar-refractivity contribution in [2.24, 2.45) is 5.92 Å². The number of hydrogen-bond donors (Lipinski definition) is 1. The van der Waals surface area contributed by atoms with Gasteiger partial charge in [-0.25, -0.2) is 0 Å². The molecule has 3 nitrogen and oxygen atoms in total. The van der Waals surface area contributed by atoms with E-state index in [2.05, 4.69) is 18.9 Å². The maximum Gasteiger partial charge on any atom is 0.119 e. The average Bonchev–Trinajstić information content (AvgIpc) is 3.20. The first kappa shape index (κ1) is 13.2. The molecule has 0 bridgehead atoms. The van der Waals surface area contributed by atoms with Gasteiger partial charge in [-0.2, -0.15) is 0 Å². The van der Waals surface area contributed by atoms with Gasteiger partial charge >= 0.3 is 0 Å². The van der Waals surface area contributed by atoms with Crippen LogP contribution in [0.15, 0.2) is 24.3 Å². The second-order valence-corrected chi connectivity index (χ2v) is 5.33. The Bertz CT molecular complexity index is 359. The molecule has 1 atom stereocenters. The van der Waals surface area contributed by atoms with E-state index in [9.17, 15) is 0 Å². The molecule has 18 heavy (non-hydrogen) atoms. The van der Waals surface area contributed by atoms with Gasteiger partial charge in [0.05, 0.1) is 6.61 Å². The second kappa shape index (κ2) is 6.10. The van der Waals surface area contributed by atoms with E-state index >= 15 is 0 Å². The molecule has 2 rings (SSSR count). The number of nitrogen functional groups attached to an aromatic ring is 1. The summed E-state index contributed by atoms with van der Waals surface area (Å²) in [6.07, 6.45) is 3.89. The largest absolute Gasteiger partial charge is 0.494 e. The van der Waals surface area contributed by atoms with Crippen LogP contribution in [0.2, 0.25) is 0 Å². The molecular formula is C15H24N2O. The van der Waals surface area contributed by atoms with Gasteiger partial charge in [0, 0.05) is 18.3 Å². The quantitative estimate of drug-likeness (QED) is 0.595. The summed E-state index contributed by atoms with van der Waals surface area (Å²) in [4.78, 5) is 2.45. The average molecular weight is 248 g/mol. The number of anilines is 1. The lowest BCUT2D eigenvalue weighted by molar-refractivity contribution is 0.209. The molecule has 0 radical (unpaired) electrons. The maximum atomic E-state index is 5.69. The van der Waals surface area contributed by atoms with Gasteiger partial charge in [0.2, 0.25) is 0 Å². The Morgan fingerprint density at radius 3 is 2.61 bits per heavy atom. The zero-order valence-electron chi connectivity index (χ0n) is 11.4. The van der Waals surface area contributed by atoms with E-state index in [0.29, 0.717) is 0 Å². The number of rotatable bonds is 7. The van der Waals surface area contributed by atoms with Crippen LogP contribution in [-0.4, -0.2) is 31.1 Å². The molecule has 1 unspecified atom stereocenters. The minimum absolute atomic E-state index is 0.724. The van der Waals surface area contributed by atoms with Gasteiger partial charge in [0.1, 0.15) is 5.75 Å². The Kier molecular flexibility index (Phi) is 4.48. The standard InChI is InChI=1S/C15H24N2O/c1-12(13-4-5-13)17(2)10-3-11-18-15-8-6-14(16)7-9-15/h6-9,12-13H,3-5,10-11,16H2,1-2H3. The van der Waals surface area contributed by atoms with Crippen molar-refractivity contribution in [3.05, 3.63) is 24.3 Å². The molecule has 2 N–H and O–H groups in total. The zero-order chi connectivity index (χ0) is 13.0. The third kappa shape index (κ3) is 3.91. The van der Waals surface area contributed by atoms with E-state index < -0.39 is 0 Å². The van der Waals surface area contributed by atoms with Crippen molar-refractivity contribution in [3.8, 4) is 5.75 Å². The van der Waals surface area contributed by atoms with Crippen molar-refractivity contribution in [1.82, 2.24) is 4.90 Å². The van der Waals surface area contributed by atoms with E-state index in [1.807, 2.05) is 24.3 Å². The maximum absolute atomic E-state index is 5.69. The van der Waals surface area contributed by atoms with Crippen molar-refractivity contribution < 1.29 is 4.74 Å². The molecule has 0 aliphatic heterocycles. The van der Waals surface area contributed by atoms with Crippen molar-refractivity contribution >= 4 is 5.69 Å². The molecule has 1 fully saturated rings. The summed E-state index contributed by atoms with van der Waals surface area (Å²) in [6, 6.07) is 8.31. The number of hydrogen-bond acceptors (Lipinski definition) is 3. The smallest absolute Gasteiger partial charge is 0.119 e. The molecule has 0 heterocycles. The van der Waals surface area contributed by atoms with Crippen molar-refractivity contribution in [2.45, 2.75) is 32.2 Å². The molecule has 1 aromatic carbocycles. The molecule has 1 saturated carbocycles. The number of ether oxygens (including phenoxy) is 1. The van der Waals surface area contributed by atoms with Gasteiger partial charge in [-0.15, -0.1) is 0 Å². The van der Waals surface area contributed by atoms with Crippen molar-refractivity contribution in [1.29, 1.82) is 0 Å². The van der Waals surface area contributed by atoms with Crippen LogP contribution in [0.5, 0.6) is 5.75 Å². The first-order valence-electron chi connectivity index (χ1n) is 6.85. The second-order valence-electron chi connectivity index (χ2n) is 5.33. The highest BCUT2D eigenvalue weighted by Gasteiger charge is 2.29. The van der Waals surface area contributed by atoms with E-state index in [-0.39, 0.29) is 0 Å². The molecule has 1 aliphatic rings. The lowest BCUT2D eigenvalue weighted by atomic mass is 10.2. The minimum atomic E-state index is 0.724. The highest BCUT2D eigenvalue weighted by atomic mass is 16.5. The summed E-state index contributed by atoms with van der Waals surface area (Å²) in [5, 5.41) is 0. The molecular weight excluding hydrogens is 224 g/mol. The Hall–Kier alpha value is -1.22. The molecule has 0 aromatic heterocycles. The van der Waals surface area contributed by atoms with Gasteiger partial charge < -0.3 is 15.4 Å². The summed E-state index contributed by atoms with van der Waals surface area (Å²) in [5.41, 5.74) is 6.40. The van der Waals surface area contributed by atoms with Crippen molar-refractivity contribution in [3.63, 3.8) is 0 Å². The lowest BCUT2D eigenvalue weighted by Crippen LogP contribution is -2.32. The normalized spacial score (nSPS) is 16.8. The first-order chi connectivity index (χ1) is 8.66. The van der Waals surface area contributed by atoms with Crippen LogP contribution in [0.3, 0.4) is 0 Å². The Morgan fingerprint density at radius 1 is 1.33 bits per heavy atom. The van der Waals surface area contributed by atoms with E-state index in [0.717, 1.165) is 43.0 Å². The van der Waals surface area contributed by atoms with E-state index in [1.54, 1.807) is 0 Å². The predicted molar refractivity (Wildman–Crippen MR) is 75.8 cm³/mol. The Labute approximate surface area is 110 Å². The molecule has 100 valence electrons. The lowest BCUT2D eigenvalue weighted by Gasteiger charge is -2.24. The molecule has 1 aromatic rings. The Morgan fingerprint density at radius 2 is 2.00 bits per heavy atom. The molecule has 0 amide bonds. The van der Waals surface area contributed by atoms with Crippen LogP contribution < -0.4 is 10.5 Å². The zero-order valence-corrected chi connectivity index (χ0v) is 11.4. The third-order valence-corrected chi connectivity index (χ3v) is 3.80. The molecule has 1 aliphatic carbocycles. The fourth-order valence-corrected chi connectivity index (χ4v) is 2.21. The monoisotopic (exact) mass is 248 g/mol. The third-order valence-electron chi connectivity index (χ3n) is 3.80. The SMILES string of the molecule is CC(C1CC1)N(C)CCCOc1ccc(N)cc1. The van der Waals surface area contributed by atoms with Crippen LogP contribution >= 0.6 is 0 Å². The van der Waals surface area contributed by atoms with Crippen LogP contribution in [-0.2, 0) is 0 Å². The fraction of sp³-hybridized carbons (Fsp3) is 0.600. The van der Waals surface area contributed by atoms with Gasteiger partial charge in [0.25, 0.3) is 0 Å². The highest BCUT2D eigenvalue weighted by molar-refractivity contribution is 5.41. The summed E-state index contributed by atoms with van der Waals surface area (Å²) in [5.74, 6) is 1.84. The minimum Gasteiger partial charge on any atom is -0.494 e. The first-order valence-corrected chi connectivity index (χ1v) is 6.85. The Balaban J connectivity index is 1.61. The summed E-state index contributed by atoms with van der Waals surface area (Å²) < 4.78 is 5.69. The van der Waals surface area contributed by atoms with Crippen LogP contribution in [0.1, 0.15) is 26.2 Å². The number of benzene rings is 1. The molecule has 0 spiro atoms. The van der Waals surface area contributed by atoms with Gasteiger partial charge in [-0.1, -0.05) is 0 Å². The highest BCUT2D eigenvalue weighted by Crippen LogP contribution is 2.34. The molecule has 3 heteroatoms. The topological polar surface area (TPSA) is 38.5 Å². The van der Waals surface area contributed by atoms with Gasteiger partial charge in [0.15, 0.2) is 0 Å². The van der Waals surface area contributed by atoms with E-state index in [1.165, 1.54) is 12.8 Å². The van der Waals surface area contributed by atoms with Gasteiger partial charge in [-0.3, -0.25) is 0 Å². The summed E-state index contributed by atoms with van der Waals surface area (Å²) in [6.45, 7) is 4.21.